The zero-order chi connectivity index (χ0) is 6.04. The van der Waals surface area contributed by atoms with Crippen LogP contribution in [0, 0.1) is 0 Å². The molecule has 1 rings (SSSR count). The minimum absolute atomic E-state index is 0.727. The molecular weight excluding hydrogens is 106 g/mol. The zero-order valence-electron chi connectivity index (χ0n) is 5.02. The van der Waals surface area contributed by atoms with Gasteiger partial charge < -0.3 is 9.47 Å². The summed E-state index contributed by atoms with van der Waals surface area (Å²) in [5.41, 5.74) is 5.51. The molecule has 1 unspecified atom stereocenters. The van der Waals surface area contributed by atoms with Crippen LogP contribution in [0.25, 0.3) is 0 Å². The molecule has 0 aromatic rings. The van der Waals surface area contributed by atoms with E-state index in [1.54, 1.807) is 7.11 Å². The Labute approximate surface area is 48.8 Å². The molecule has 1 fully saturated rings. The first-order valence-electron chi connectivity index (χ1n) is 2.75. The van der Waals surface area contributed by atoms with E-state index >= 15 is 0 Å². The Morgan fingerprint density at radius 1 is 1.75 bits per heavy atom. The monoisotopic (exact) mass is 117 g/mol. The summed E-state index contributed by atoms with van der Waals surface area (Å²) in [4.78, 5) is 0. The summed E-state index contributed by atoms with van der Waals surface area (Å²) in [5, 5.41) is 0. The van der Waals surface area contributed by atoms with Crippen LogP contribution in [0.2, 0.25) is 0 Å². The average molecular weight is 117 g/mol. The Morgan fingerprint density at radius 2 is 2.50 bits per heavy atom. The van der Waals surface area contributed by atoms with Gasteiger partial charge in [0, 0.05) is 13.5 Å². The highest BCUT2D eigenvalue weighted by Crippen LogP contribution is 2.19. The molecule has 0 aromatic carbocycles. The Bertz CT molecular complexity index is 78.5. The van der Waals surface area contributed by atoms with Crippen LogP contribution in [0.1, 0.15) is 12.8 Å². The molecule has 0 aliphatic carbocycles. The highest BCUT2D eigenvalue weighted by atomic mass is 16.7. The van der Waals surface area contributed by atoms with Crippen molar-refractivity contribution in [1.82, 2.24) is 0 Å². The molecule has 0 spiro atoms. The molecule has 48 valence electrons. The van der Waals surface area contributed by atoms with Crippen molar-refractivity contribution in [3.8, 4) is 0 Å². The molecule has 1 heterocycles. The smallest absolute Gasteiger partial charge is 0.224 e. The van der Waals surface area contributed by atoms with E-state index in [4.69, 9.17) is 15.2 Å². The van der Waals surface area contributed by atoms with Crippen molar-refractivity contribution >= 4 is 0 Å². The van der Waals surface area contributed by atoms with Gasteiger partial charge in [0.05, 0.1) is 6.61 Å². The van der Waals surface area contributed by atoms with Gasteiger partial charge in [0.25, 0.3) is 0 Å². The lowest BCUT2D eigenvalue weighted by Crippen LogP contribution is -2.40. The molecule has 1 aliphatic rings. The van der Waals surface area contributed by atoms with Gasteiger partial charge in [-0.15, -0.1) is 0 Å². The van der Waals surface area contributed by atoms with Crippen molar-refractivity contribution in [2.24, 2.45) is 5.73 Å². The molecule has 0 radical (unpaired) electrons. The van der Waals surface area contributed by atoms with Gasteiger partial charge in [-0.2, -0.15) is 0 Å². The Kier molecular flexibility index (Phi) is 1.51. The van der Waals surface area contributed by atoms with E-state index in [0.717, 1.165) is 19.4 Å². The standard InChI is InChI=1S/C5H11NO2/c1-7-5(6)3-2-4-8-5/h2-4,6H2,1H3. The van der Waals surface area contributed by atoms with Crippen LogP contribution in [-0.2, 0) is 9.47 Å². The van der Waals surface area contributed by atoms with E-state index in [1.807, 2.05) is 0 Å². The maximum Gasteiger partial charge on any atom is 0.224 e. The molecule has 0 bridgehead atoms. The number of rotatable bonds is 1. The molecule has 3 heteroatoms. The summed E-state index contributed by atoms with van der Waals surface area (Å²) in [7, 11) is 1.56. The predicted molar refractivity (Wildman–Crippen MR) is 29.1 cm³/mol. The van der Waals surface area contributed by atoms with Gasteiger partial charge in [-0.3, -0.25) is 5.73 Å². The second-order valence-corrected chi connectivity index (χ2v) is 1.97. The van der Waals surface area contributed by atoms with Crippen LogP contribution in [0.5, 0.6) is 0 Å². The molecule has 0 saturated carbocycles. The van der Waals surface area contributed by atoms with Crippen molar-refractivity contribution in [2.45, 2.75) is 18.8 Å². The van der Waals surface area contributed by atoms with Gasteiger partial charge in [0.2, 0.25) is 5.91 Å². The van der Waals surface area contributed by atoms with Crippen LogP contribution < -0.4 is 5.73 Å². The number of ether oxygens (including phenoxy) is 2. The van der Waals surface area contributed by atoms with Crippen LogP contribution in [0.15, 0.2) is 0 Å². The second-order valence-electron chi connectivity index (χ2n) is 1.97. The number of hydrogen-bond donors (Lipinski definition) is 1. The van der Waals surface area contributed by atoms with Crippen LogP contribution in [0.3, 0.4) is 0 Å². The SMILES string of the molecule is COC1(N)CCCO1. The lowest BCUT2D eigenvalue weighted by atomic mass is 10.3. The normalized spacial score (nSPS) is 38.2. The summed E-state index contributed by atoms with van der Waals surface area (Å²) in [6.45, 7) is 0.727. The summed E-state index contributed by atoms with van der Waals surface area (Å²) >= 11 is 0. The Balaban J connectivity index is 2.40. The molecule has 8 heavy (non-hydrogen) atoms. The van der Waals surface area contributed by atoms with E-state index in [2.05, 4.69) is 0 Å². The minimum atomic E-state index is -0.764. The van der Waals surface area contributed by atoms with Crippen molar-refractivity contribution in [2.75, 3.05) is 13.7 Å². The third-order valence-corrected chi connectivity index (χ3v) is 1.36. The fourth-order valence-corrected chi connectivity index (χ4v) is 0.797. The van der Waals surface area contributed by atoms with E-state index in [9.17, 15) is 0 Å². The second kappa shape index (κ2) is 2.01. The molecule has 1 aliphatic heterocycles. The zero-order valence-corrected chi connectivity index (χ0v) is 5.02. The predicted octanol–water partition coefficient (Wildman–Crippen LogP) is 0.0557. The molecule has 0 aromatic heterocycles. The van der Waals surface area contributed by atoms with Crippen LogP contribution >= 0.6 is 0 Å². The van der Waals surface area contributed by atoms with Gasteiger partial charge in [-0.25, -0.2) is 0 Å². The van der Waals surface area contributed by atoms with Crippen molar-refractivity contribution in [3.63, 3.8) is 0 Å². The van der Waals surface area contributed by atoms with E-state index in [-0.39, 0.29) is 0 Å². The molecular formula is C5H11NO2. The molecule has 2 N–H and O–H groups in total. The summed E-state index contributed by atoms with van der Waals surface area (Å²) in [6, 6.07) is 0. The maximum absolute atomic E-state index is 5.51. The summed E-state index contributed by atoms with van der Waals surface area (Å²) < 4.78 is 9.90. The fraction of sp³-hybridized carbons (Fsp3) is 1.00. The minimum Gasteiger partial charge on any atom is -0.341 e. The summed E-state index contributed by atoms with van der Waals surface area (Å²) in [6.07, 6.45) is 1.81. The average Bonchev–Trinajstić information content (AvgIpc) is 2.17. The van der Waals surface area contributed by atoms with Crippen LogP contribution in [0.4, 0.5) is 0 Å². The first kappa shape index (κ1) is 6.01. The third kappa shape index (κ3) is 0.992. The number of hydrogen-bond acceptors (Lipinski definition) is 3. The third-order valence-electron chi connectivity index (χ3n) is 1.36. The number of methoxy groups -OCH3 is 1. The lowest BCUT2D eigenvalue weighted by molar-refractivity contribution is -0.188. The van der Waals surface area contributed by atoms with E-state index < -0.39 is 5.91 Å². The fourth-order valence-electron chi connectivity index (χ4n) is 0.797. The van der Waals surface area contributed by atoms with Crippen molar-refractivity contribution < 1.29 is 9.47 Å². The van der Waals surface area contributed by atoms with E-state index in [0.29, 0.717) is 0 Å². The molecule has 1 atom stereocenters. The van der Waals surface area contributed by atoms with Crippen LogP contribution in [-0.4, -0.2) is 19.6 Å². The van der Waals surface area contributed by atoms with Gasteiger partial charge in [-0.1, -0.05) is 0 Å². The lowest BCUT2D eigenvalue weighted by Gasteiger charge is -2.19. The largest absolute Gasteiger partial charge is 0.341 e. The summed E-state index contributed by atoms with van der Waals surface area (Å²) in [5.74, 6) is -0.764. The van der Waals surface area contributed by atoms with Gasteiger partial charge in [0.1, 0.15) is 0 Å². The first-order chi connectivity index (χ1) is 3.77. The highest BCUT2D eigenvalue weighted by molar-refractivity contribution is 4.66. The topological polar surface area (TPSA) is 44.5 Å². The first-order valence-corrected chi connectivity index (χ1v) is 2.75. The number of nitrogens with two attached hydrogens (primary N) is 1. The van der Waals surface area contributed by atoms with Gasteiger partial charge >= 0.3 is 0 Å². The highest BCUT2D eigenvalue weighted by Gasteiger charge is 2.29. The van der Waals surface area contributed by atoms with Crippen molar-refractivity contribution in [1.29, 1.82) is 0 Å². The quantitative estimate of drug-likeness (QED) is 0.494. The van der Waals surface area contributed by atoms with Gasteiger partial charge in [0.15, 0.2) is 0 Å². The maximum atomic E-state index is 5.51. The van der Waals surface area contributed by atoms with Crippen molar-refractivity contribution in [3.05, 3.63) is 0 Å². The molecule has 0 amide bonds. The Morgan fingerprint density at radius 3 is 2.75 bits per heavy atom. The Hall–Kier alpha value is -0.120. The molecule has 1 saturated heterocycles. The van der Waals surface area contributed by atoms with Gasteiger partial charge in [-0.05, 0) is 6.42 Å². The molecule has 3 nitrogen and oxygen atoms in total. The van der Waals surface area contributed by atoms with E-state index in [1.165, 1.54) is 0 Å².